The zero-order chi connectivity index (χ0) is 23.0. The fourth-order valence-electron chi connectivity index (χ4n) is 5.48. The molecule has 0 bridgehead atoms. The van der Waals surface area contributed by atoms with Crippen LogP contribution in [-0.4, -0.2) is 37.1 Å². The molecule has 2 aromatic carbocycles. The number of carbonyl (C=O) groups is 1. The number of nitrogens with one attached hydrogen (secondary N) is 2. The molecule has 2 fully saturated rings. The van der Waals surface area contributed by atoms with Crippen LogP contribution in [0.5, 0.6) is 0 Å². The molecule has 1 aliphatic carbocycles. The lowest BCUT2D eigenvalue weighted by Gasteiger charge is -2.47. The number of nitrogens with zero attached hydrogens (tertiary/aromatic N) is 2. The molecule has 2 N–H and O–H groups in total. The molecular weight excluding hydrogens is 408 g/mol. The van der Waals surface area contributed by atoms with Crippen LogP contribution in [0, 0.1) is 18.3 Å². The van der Waals surface area contributed by atoms with Gasteiger partial charge in [0.25, 0.3) is 0 Å². The maximum atomic E-state index is 13.0. The minimum Gasteiger partial charge on any atom is -0.362 e. The van der Waals surface area contributed by atoms with Gasteiger partial charge in [-0.1, -0.05) is 37.1 Å². The normalized spacial score (nSPS) is 22.8. The first kappa shape index (κ1) is 23.3. The summed E-state index contributed by atoms with van der Waals surface area (Å²) in [5.74, 6) is 0.150. The van der Waals surface area contributed by atoms with Gasteiger partial charge >= 0.3 is 0 Å². The van der Waals surface area contributed by atoms with E-state index in [2.05, 4.69) is 52.8 Å². The van der Waals surface area contributed by atoms with Crippen molar-refractivity contribution in [3.05, 3.63) is 65.2 Å². The van der Waals surface area contributed by atoms with Crippen LogP contribution in [0.15, 0.2) is 48.5 Å². The number of rotatable bonds is 7. The van der Waals surface area contributed by atoms with Crippen LogP contribution >= 0.6 is 0 Å². The molecule has 0 radical (unpaired) electrons. The van der Waals surface area contributed by atoms with Crippen LogP contribution in [0.4, 0.5) is 5.69 Å². The first-order valence-electron chi connectivity index (χ1n) is 12.5. The predicted octanol–water partition coefficient (Wildman–Crippen LogP) is 4.49. The number of nitriles is 1. The topological polar surface area (TPSA) is 68.2 Å². The monoisotopic (exact) mass is 444 g/mol. The van der Waals surface area contributed by atoms with Gasteiger partial charge in [0.2, 0.25) is 5.91 Å². The molecule has 0 aromatic heterocycles. The standard InChI is InChI=1S/C28H36N4O/c1-21-7-2-3-8-23(21)14-17-28(33)31-26-10-4-5-11-27(26)32(25-9-6-18-30-20-25)24-15-12-22(19-29)13-16-24/h2-3,7-8,12-13,15-16,25-27,30H,4-6,9-11,14,17-18,20H2,1H3,(H,31,33)/t25-,26+,27+/m0/s1. The van der Waals surface area contributed by atoms with E-state index >= 15 is 0 Å². The Morgan fingerprint density at radius 3 is 2.61 bits per heavy atom. The van der Waals surface area contributed by atoms with E-state index in [-0.39, 0.29) is 18.0 Å². The van der Waals surface area contributed by atoms with Crippen molar-refractivity contribution in [2.45, 2.75) is 76.4 Å². The molecular formula is C28H36N4O. The van der Waals surface area contributed by atoms with Gasteiger partial charge in [-0.25, -0.2) is 0 Å². The highest BCUT2D eigenvalue weighted by molar-refractivity contribution is 5.76. The Hall–Kier alpha value is -2.84. The summed E-state index contributed by atoms with van der Waals surface area (Å²) < 4.78 is 0. The number of anilines is 1. The van der Waals surface area contributed by atoms with Crippen LogP contribution < -0.4 is 15.5 Å². The van der Waals surface area contributed by atoms with Gasteiger partial charge in [0.15, 0.2) is 0 Å². The van der Waals surface area contributed by atoms with Crippen LogP contribution in [0.3, 0.4) is 0 Å². The number of hydrogen-bond donors (Lipinski definition) is 2. The Labute approximate surface area is 198 Å². The van der Waals surface area contributed by atoms with Crippen molar-refractivity contribution in [1.29, 1.82) is 5.26 Å². The van der Waals surface area contributed by atoms with Gasteiger partial charge in [0, 0.05) is 36.8 Å². The van der Waals surface area contributed by atoms with Crippen molar-refractivity contribution < 1.29 is 4.79 Å². The summed E-state index contributed by atoms with van der Waals surface area (Å²) in [5, 5.41) is 16.2. The van der Waals surface area contributed by atoms with Gasteiger partial charge in [-0.2, -0.15) is 5.26 Å². The smallest absolute Gasteiger partial charge is 0.220 e. The van der Waals surface area contributed by atoms with Gasteiger partial charge < -0.3 is 15.5 Å². The Morgan fingerprint density at radius 2 is 1.88 bits per heavy atom. The zero-order valence-electron chi connectivity index (χ0n) is 19.7. The SMILES string of the molecule is Cc1ccccc1CCC(=O)N[C@@H]1CCCC[C@H]1N(c1ccc(C#N)cc1)[C@H]1CCCNC1. The lowest BCUT2D eigenvalue weighted by atomic mass is 9.86. The lowest BCUT2D eigenvalue weighted by Crippen LogP contribution is -2.59. The molecule has 0 spiro atoms. The second-order valence-corrected chi connectivity index (χ2v) is 9.52. The summed E-state index contributed by atoms with van der Waals surface area (Å²) in [7, 11) is 0. The van der Waals surface area contributed by atoms with Gasteiger partial charge in [-0.3, -0.25) is 4.79 Å². The third-order valence-electron chi connectivity index (χ3n) is 7.27. The molecule has 1 saturated carbocycles. The van der Waals surface area contributed by atoms with E-state index in [9.17, 15) is 10.1 Å². The van der Waals surface area contributed by atoms with Crippen molar-refractivity contribution in [2.24, 2.45) is 0 Å². The summed E-state index contributed by atoms with van der Waals surface area (Å²) in [6.45, 7) is 4.14. The van der Waals surface area contributed by atoms with Gasteiger partial charge in [0.05, 0.1) is 11.6 Å². The molecule has 0 unspecified atom stereocenters. The number of benzene rings is 2. The van der Waals surface area contributed by atoms with Crippen molar-refractivity contribution in [2.75, 3.05) is 18.0 Å². The minimum atomic E-state index is 0.150. The second-order valence-electron chi connectivity index (χ2n) is 9.52. The van der Waals surface area contributed by atoms with Crippen molar-refractivity contribution in [3.8, 4) is 6.07 Å². The van der Waals surface area contributed by atoms with E-state index in [4.69, 9.17) is 0 Å². The highest BCUT2D eigenvalue weighted by atomic mass is 16.1. The Balaban J connectivity index is 1.49. The number of amides is 1. The molecule has 2 aliphatic rings. The highest BCUT2D eigenvalue weighted by Gasteiger charge is 2.35. The predicted molar refractivity (Wildman–Crippen MR) is 133 cm³/mol. The van der Waals surface area contributed by atoms with Crippen LogP contribution in [-0.2, 0) is 11.2 Å². The second kappa shape index (κ2) is 11.3. The third kappa shape index (κ3) is 5.94. The fourth-order valence-corrected chi connectivity index (χ4v) is 5.48. The molecule has 3 atom stereocenters. The van der Waals surface area contributed by atoms with E-state index < -0.39 is 0 Å². The average molecular weight is 445 g/mol. The van der Waals surface area contributed by atoms with Crippen LogP contribution in [0.1, 0.15) is 61.6 Å². The first-order valence-corrected chi connectivity index (χ1v) is 12.5. The average Bonchev–Trinajstić information content (AvgIpc) is 2.86. The van der Waals surface area contributed by atoms with Gasteiger partial charge in [-0.15, -0.1) is 0 Å². The van der Waals surface area contributed by atoms with E-state index in [1.54, 1.807) is 0 Å². The Morgan fingerprint density at radius 1 is 1.09 bits per heavy atom. The number of hydrogen-bond acceptors (Lipinski definition) is 4. The van der Waals surface area contributed by atoms with E-state index in [0.717, 1.165) is 57.3 Å². The number of aryl methyl sites for hydroxylation is 2. The van der Waals surface area contributed by atoms with E-state index in [1.807, 2.05) is 24.3 Å². The molecule has 174 valence electrons. The molecule has 4 rings (SSSR count). The third-order valence-corrected chi connectivity index (χ3v) is 7.27. The van der Waals surface area contributed by atoms with Crippen molar-refractivity contribution >= 4 is 11.6 Å². The maximum absolute atomic E-state index is 13.0. The molecule has 1 saturated heterocycles. The van der Waals surface area contributed by atoms with E-state index in [0.29, 0.717) is 18.0 Å². The summed E-state index contributed by atoms with van der Waals surface area (Å²) in [6.07, 6.45) is 8.07. The molecule has 1 aliphatic heterocycles. The van der Waals surface area contributed by atoms with Crippen LogP contribution in [0.2, 0.25) is 0 Å². The fraction of sp³-hybridized carbons (Fsp3) is 0.500. The number of carbonyl (C=O) groups excluding carboxylic acids is 1. The minimum absolute atomic E-state index is 0.150. The summed E-state index contributed by atoms with van der Waals surface area (Å²) in [6, 6.07) is 19.4. The Bertz CT molecular complexity index is 959. The summed E-state index contributed by atoms with van der Waals surface area (Å²) in [4.78, 5) is 15.5. The van der Waals surface area contributed by atoms with Crippen molar-refractivity contribution in [1.82, 2.24) is 10.6 Å². The Kier molecular flexibility index (Phi) is 8.01. The first-order chi connectivity index (χ1) is 16.2. The molecule has 5 heteroatoms. The quantitative estimate of drug-likeness (QED) is 0.660. The van der Waals surface area contributed by atoms with Crippen LogP contribution in [0.25, 0.3) is 0 Å². The molecule has 33 heavy (non-hydrogen) atoms. The largest absolute Gasteiger partial charge is 0.362 e. The lowest BCUT2D eigenvalue weighted by molar-refractivity contribution is -0.122. The van der Waals surface area contributed by atoms with Crippen molar-refractivity contribution in [3.63, 3.8) is 0 Å². The summed E-state index contributed by atoms with van der Waals surface area (Å²) in [5.41, 5.74) is 4.34. The maximum Gasteiger partial charge on any atom is 0.220 e. The van der Waals surface area contributed by atoms with Gasteiger partial charge in [0.1, 0.15) is 0 Å². The molecule has 5 nitrogen and oxygen atoms in total. The van der Waals surface area contributed by atoms with E-state index in [1.165, 1.54) is 17.5 Å². The highest BCUT2D eigenvalue weighted by Crippen LogP contribution is 2.32. The number of piperidine rings is 1. The van der Waals surface area contributed by atoms with Gasteiger partial charge in [-0.05, 0) is 81.0 Å². The summed E-state index contributed by atoms with van der Waals surface area (Å²) >= 11 is 0. The zero-order valence-corrected chi connectivity index (χ0v) is 19.7. The molecule has 1 amide bonds. The molecule has 2 aromatic rings. The molecule has 1 heterocycles.